The fourth-order valence-corrected chi connectivity index (χ4v) is 2.92. The lowest BCUT2D eigenvalue weighted by Gasteiger charge is -2.37. The average molecular weight is 255 g/mol. The third-order valence-electron chi connectivity index (χ3n) is 4.46. The first kappa shape index (κ1) is 15.4. The Morgan fingerprint density at radius 3 is 2.33 bits per heavy atom. The summed E-state index contributed by atoms with van der Waals surface area (Å²) in [5.41, 5.74) is 5.99. The summed E-state index contributed by atoms with van der Waals surface area (Å²) in [6, 6.07) is 0.309. The Kier molecular flexibility index (Phi) is 6.09. The fourth-order valence-electron chi connectivity index (χ4n) is 2.92. The molecule has 0 aromatic carbocycles. The molecule has 0 atom stereocenters. The van der Waals surface area contributed by atoms with E-state index in [2.05, 4.69) is 24.1 Å². The summed E-state index contributed by atoms with van der Waals surface area (Å²) in [5.74, 6) is 0.130. The van der Waals surface area contributed by atoms with Gasteiger partial charge < -0.3 is 11.1 Å². The number of rotatable bonds is 7. The molecule has 1 amide bonds. The number of amides is 1. The number of carbonyl (C=O) groups excluding carboxylic acids is 1. The largest absolute Gasteiger partial charge is 0.352 e. The van der Waals surface area contributed by atoms with Crippen LogP contribution in [0.4, 0.5) is 0 Å². The van der Waals surface area contributed by atoms with Crippen LogP contribution in [0.15, 0.2) is 0 Å². The van der Waals surface area contributed by atoms with Crippen LogP contribution in [0.1, 0.15) is 52.4 Å². The zero-order valence-corrected chi connectivity index (χ0v) is 12.2. The first-order chi connectivity index (χ1) is 8.57. The van der Waals surface area contributed by atoms with Crippen molar-refractivity contribution in [3.63, 3.8) is 0 Å². The molecule has 0 aliphatic heterocycles. The smallest absolute Gasteiger partial charge is 0.234 e. The molecular formula is C14H29N3O. The monoisotopic (exact) mass is 255 g/mol. The number of hydrogen-bond acceptors (Lipinski definition) is 3. The first-order valence-corrected chi connectivity index (χ1v) is 7.28. The molecule has 1 aliphatic rings. The van der Waals surface area contributed by atoms with Crippen molar-refractivity contribution in [2.75, 3.05) is 20.1 Å². The number of nitrogens with one attached hydrogen (secondary N) is 1. The molecule has 3 N–H and O–H groups in total. The Labute approximate surface area is 111 Å². The van der Waals surface area contributed by atoms with Gasteiger partial charge >= 0.3 is 0 Å². The highest BCUT2D eigenvalue weighted by atomic mass is 16.2. The molecule has 1 saturated carbocycles. The molecule has 0 unspecified atom stereocenters. The second kappa shape index (κ2) is 7.10. The fraction of sp³-hybridized carbons (Fsp3) is 0.929. The Bertz CT molecular complexity index is 258. The van der Waals surface area contributed by atoms with Gasteiger partial charge in [-0.3, -0.25) is 9.69 Å². The van der Waals surface area contributed by atoms with Crippen molar-refractivity contribution in [2.45, 2.75) is 64.0 Å². The van der Waals surface area contributed by atoms with E-state index in [1.807, 2.05) is 7.05 Å². The molecule has 4 nitrogen and oxygen atoms in total. The Balaban J connectivity index is 2.48. The van der Waals surface area contributed by atoms with Crippen LogP contribution >= 0.6 is 0 Å². The minimum atomic E-state index is 0.0608. The summed E-state index contributed by atoms with van der Waals surface area (Å²) in [6.45, 7) is 5.34. The molecule has 18 heavy (non-hydrogen) atoms. The van der Waals surface area contributed by atoms with Gasteiger partial charge in [0, 0.05) is 18.1 Å². The molecule has 0 radical (unpaired) electrons. The van der Waals surface area contributed by atoms with Crippen LogP contribution < -0.4 is 11.1 Å². The highest BCUT2D eigenvalue weighted by Gasteiger charge is 2.37. The maximum Gasteiger partial charge on any atom is 0.234 e. The van der Waals surface area contributed by atoms with Gasteiger partial charge in [-0.05, 0) is 32.7 Å². The van der Waals surface area contributed by atoms with Gasteiger partial charge in [0.2, 0.25) is 5.91 Å². The van der Waals surface area contributed by atoms with E-state index in [1.54, 1.807) is 0 Å². The molecule has 1 aliphatic carbocycles. The van der Waals surface area contributed by atoms with E-state index >= 15 is 0 Å². The lowest BCUT2D eigenvalue weighted by molar-refractivity contribution is -0.124. The Hall–Kier alpha value is -0.610. The maximum atomic E-state index is 12.0. The molecule has 0 heterocycles. The lowest BCUT2D eigenvalue weighted by atomic mass is 9.96. The third-order valence-corrected chi connectivity index (χ3v) is 4.46. The molecule has 4 heteroatoms. The van der Waals surface area contributed by atoms with Crippen molar-refractivity contribution in [3.05, 3.63) is 0 Å². The van der Waals surface area contributed by atoms with Gasteiger partial charge in [0.25, 0.3) is 0 Å². The maximum absolute atomic E-state index is 12.0. The van der Waals surface area contributed by atoms with Crippen molar-refractivity contribution in [3.8, 4) is 0 Å². The van der Waals surface area contributed by atoms with Gasteiger partial charge in [-0.2, -0.15) is 0 Å². The molecule has 0 bridgehead atoms. The van der Waals surface area contributed by atoms with Crippen molar-refractivity contribution < 1.29 is 4.79 Å². The molecule has 106 valence electrons. The standard InChI is InChI=1S/C14H29N3O/c1-4-12(5-2)16-13(18)10-17(3)14(11-15)8-6-7-9-14/h12H,4-11,15H2,1-3H3,(H,16,18). The van der Waals surface area contributed by atoms with Gasteiger partial charge in [0.15, 0.2) is 0 Å². The van der Waals surface area contributed by atoms with Crippen LogP contribution in [0, 0.1) is 0 Å². The van der Waals surface area contributed by atoms with E-state index in [0.717, 1.165) is 25.7 Å². The second-order valence-corrected chi connectivity index (χ2v) is 5.57. The molecule has 0 saturated heterocycles. The normalized spacial score (nSPS) is 18.6. The summed E-state index contributed by atoms with van der Waals surface area (Å²) in [4.78, 5) is 14.2. The minimum absolute atomic E-state index is 0.0608. The average Bonchev–Trinajstić information content (AvgIpc) is 2.85. The highest BCUT2D eigenvalue weighted by molar-refractivity contribution is 5.78. The zero-order chi connectivity index (χ0) is 13.6. The summed E-state index contributed by atoms with van der Waals surface area (Å²) in [6.07, 6.45) is 6.70. The van der Waals surface area contributed by atoms with Crippen molar-refractivity contribution in [1.29, 1.82) is 0 Å². The van der Waals surface area contributed by atoms with Crippen LogP contribution in [0.5, 0.6) is 0 Å². The Morgan fingerprint density at radius 1 is 1.33 bits per heavy atom. The van der Waals surface area contributed by atoms with Gasteiger partial charge in [-0.25, -0.2) is 0 Å². The number of nitrogens with zero attached hydrogens (tertiary/aromatic N) is 1. The van der Waals surface area contributed by atoms with Crippen molar-refractivity contribution in [2.24, 2.45) is 5.73 Å². The molecule has 1 rings (SSSR count). The minimum Gasteiger partial charge on any atom is -0.352 e. The lowest BCUT2D eigenvalue weighted by Crippen LogP contribution is -2.53. The van der Waals surface area contributed by atoms with Crippen LogP contribution in [0.25, 0.3) is 0 Å². The van der Waals surface area contributed by atoms with Gasteiger partial charge in [-0.15, -0.1) is 0 Å². The summed E-state index contributed by atoms with van der Waals surface area (Å²) >= 11 is 0. The molecule has 1 fully saturated rings. The molecule has 0 aromatic heterocycles. The number of hydrogen-bond donors (Lipinski definition) is 2. The van der Waals surface area contributed by atoms with Crippen LogP contribution in [-0.4, -0.2) is 42.5 Å². The van der Waals surface area contributed by atoms with Gasteiger partial charge in [0.05, 0.1) is 6.54 Å². The van der Waals surface area contributed by atoms with E-state index in [1.165, 1.54) is 12.8 Å². The summed E-state index contributed by atoms with van der Waals surface area (Å²) in [5, 5.41) is 3.09. The first-order valence-electron chi connectivity index (χ1n) is 7.28. The zero-order valence-electron chi connectivity index (χ0n) is 12.2. The Morgan fingerprint density at radius 2 is 1.89 bits per heavy atom. The van der Waals surface area contributed by atoms with E-state index in [9.17, 15) is 4.79 Å². The van der Waals surface area contributed by atoms with Crippen LogP contribution in [-0.2, 0) is 4.79 Å². The molecule has 0 aromatic rings. The quantitative estimate of drug-likeness (QED) is 0.725. The van der Waals surface area contributed by atoms with Crippen molar-refractivity contribution in [1.82, 2.24) is 10.2 Å². The van der Waals surface area contributed by atoms with Gasteiger partial charge in [-0.1, -0.05) is 26.7 Å². The van der Waals surface area contributed by atoms with Crippen LogP contribution in [0.3, 0.4) is 0 Å². The van der Waals surface area contributed by atoms with E-state index in [0.29, 0.717) is 19.1 Å². The van der Waals surface area contributed by atoms with E-state index in [-0.39, 0.29) is 11.4 Å². The number of carbonyl (C=O) groups is 1. The van der Waals surface area contributed by atoms with Crippen LogP contribution in [0.2, 0.25) is 0 Å². The van der Waals surface area contributed by atoms with E-state index in [4.69, 9.17) is 5.73 Å². The van der Waals surface area contributed by atoms with Crippen molar-refractivity contribution >= 4 is 5.91 Å². The SMILES string of the molecule is CCC(CC)NC(=O)CN(C)C1(CN)CCCC1. The predicted octanol–water partition coefficient (Wildman–Crippen LogP) is 1.49. The number of likely N-dealkylation sites (N-methyl/N-ethyl adjacent to an activating group) is 1. The van der Waals surface area contributed by atoms with Gasteiger partial charge in [0.1, 0.15) is 0 Å². The number of nitrogens with two attached hydrogens (primary N) is 1. The van der Waals surface area contributed by atoms with E-state index < -0.39 is 0 Å². The summed E-state index contributed by atoms with van der Waals surface area (Å²) < 4.78 is 0. The topological polar surface area (TPSA) is 58.4 Å². The summed E-state index contributed by atoms with van der Waals surface area (Å²) in [7, 11) is 2.03. The predicted molar refractivity (Wildman–Crippen MR) is 75.4 cm³/mol. The molecule has 0 spiro atoms. The molecular weight excluding hydrogens is 226 g/mol. The third kappa shape index (κ3) is 3.69. The second-order valence-electron chi connectivity index (χ2n) is 5.57. The highest BCUT2D eigenvalue weighted by Crippen LogP contribution is 2.33.